The molecule has 5 heteroatoms. The number of nitrogens with zero attached hydrogens (tertiary/aromatic N) is 2. The molecule has 0 spiro atoms. The first-order valence-corrected chi connectivity index (χ1v) is 6.74. The van der Waals surface area contributed by atoms with Crippen molar-refractivity contribution in [1.82, 2.24) is 9.97 Å². The Hall–Kier alpha value is -0.970. The van der Waals surface area contributed by atoms with Gasteiger partial charge in [0.25, 0.3) is 0 Å². The molecular weight excluding hydrogens is 256 g/mol. The van der Waals surface area contributed by atoms with Crippen molar-refractivity contribution in [1.29, 1.82) is 0 Å². The maximum atomic E-state index is 6.19. The van der Waals surface area contributed by atoms with Gasteiger partial charge in [0.2, 0.25) is 0 Å². The van der Waals surface area contributed by atoms with Crippen molar-refractivity contribution in [3.63, 3.8) is 0 Å². The predicted molar refractivity (Wildman–Crippen MR) is 68.5 cm³/mol. The van der Waals surface area contributed by atoms with Crippen LogP contribution in [0.5, 0.6) is 0 Å². The Morgan fingerprint density at radius 1 is 1.35 bits per heavy atom. The first kappa shape index (κ1) is 11.1. The molecule has 0 saturated carbocycles. The summed E-state index contributed by atoms with van der Waals surface area (Å²) in [7, 11) is 0. The van der Waals surface area contributed by atoms with Gasteiger partial charge >= 0.3 is 0 Å². The number of hydrogen-bond acceptors (Lipinski definition) is 4. The van der Waals surface area contributed by atoms with E-state index in [0.717, 1.165) is 29.1 Å². The van der Waals surface area contributed by atoms with E-state index >= 15 is 0 Å². The molecule has 0 N–H and O–H groups in total. The molecule has 3 heterocycles. The fourth-order valence-electron chi connectivity index (χ4n) is 1.90. The minimum Gasteiger partial charge on any atom is -0.376 e. The van der Waals surface area contributed by atoms with Gasteiger partial charge in [-0.3, -0.25) is 0 Å². The summed E-state index contributed by atoms with van der Waals surface area (Å²) >= 11 is 7.85. The fourth-order valence-corrected chi connectivity index (χ4v) is 2.97. The third kappa shape index (κ3) is 1.97. The third-order valence-corrected chi connectivity index (χ3v) is 4.04. The Labute approximate surface area is 108 Å². The van der Waals surface area contributed by atoms with Gasteiger partial charge in [-0.25, -0.2) is 9.97 Å². The highest BCUT2D eigenvalue weighted by atomic mass is 35.5. The monoisotopic (exact) mass is 266 g/mol. The van der Waals surface area contributed by atoms with Gasteiger partial charge in [-0.1, -0.05) is 11.6 Å². The number of fused-ring (bicyclic) bond motifs is 1. The molecule has 88 valence electrons. The molecule has 0 unspecified atom stereocenters. The Kier molecular flexibility index (Phi) is 2.86. The minimum atomic E-state index is 0.523. The molecule has 3 rings (SSSR count). The summed E-state index contributed by atoms with van der Waals surface area (Å²) in [5, 5.41) is 4.68. The summed E-state index contributed by atoms with van der Waals surface area (Å²) in [5.74, 6) is 0.731. The normalized spacial score (nSPS) is 14.7. The van der Waals surface area contributed by atoms with Crippen LogP contribution in [0.2, 0.25) is 5.15 Å². The van der Waals surface area contributed by atoms with E-state index in [-0.39, 0.29) is 0 Å². The highest BCUT2D eigenvalue weighted by molar-refractivity contribution is 7.08. The molecule has 2 aromatic heterocycles. The topological polar surface area (TPSA) is 35.0 Å². The van der Waals surface area contributed by atoms with Gasteiger partial charge in [0.15, 0.2) is 5.82 Å². The van der Waals surface area contributed by atoms with Crippen LogP contribution in [0.4, 0.5) is 0 Å². The predicted octanol–water partition coefficient (Wildman–Crippen LogP) is 3.24. The Morgan fingerprint density at radius 3 is 3.00 bits per heavy atom. The maximum absolute atomic E-state index is 6.19. The lowest BCUT2D eigenvalue weighted by Gasteiger charge is -2.17. The Morgan fingerprint density at radius 2 is 2.24 bits per heavy atom. The van der Waals surface area contributed by atoms with Crippen molar-refractivity contribution >= 4 is 22.9 Å². The number of halogens is 1. The highest BCUT2D eigenvalue weighted by Crippen LogP contribution is 2.29. The molecular formula is C12H11ClN2OS. The van der Waals surface area contributed by atoms with Gasteiger partial charge in [-0.2, -0.15) is 11.3 Å². The van der Waals surface area contributed by atoms with E-state index in [1.165, 1.54) is 5.56 Å². The van der Waals surface area contributed by atoms with E-state index in [1.807, 2.05) is 0 Å². The van der Waals surface area contributed by atoms with Crippen LogP contribution in [0.1, 0.15) is 16.8 Å². The average Bonchev–Trinajstić information content (AvgIpc) is 2.75. The standard InChI is InChI=1S/C12H11ClN2OS/c1-7-5-17-6-9(7)12-14-10-2-3-16-4-8(10)11(13)15-12/h5-6H,2-4H2,1H3. The molecule has 0 radical (unpaired) electrons. The number of hydrogen-bond donors (Lipinski definition) is 0. The number of ether oxygens (including phenoxy) is 1. The van der Waals surface area contributed by atoms with Crippen LogP contribution in [0.3, 0.4) is 0 Å². The van der Waals surface area contributed by atoms with Crippen molar-refractivity contribution < 1.29 is 4.74 Å². The first-order valence-electron chi connectivity index (χ1n) is 5.42. The molecule has 0 bridgehead atoms. The van der Waals surface area contributed by atoms with Gasteiger partial charge in [-0.05, 0) is 17.9 Å². The summed E-state index contributed by atoms with van der Waals surface area (Å²) in [6, 6.07) is 0. The second-order valence-electron chi connectivity index (χ2n) is 4.03. The van der Waals surface area contributed by atoms with Crippen LogP contribution in [0, 0.1) is 6.92 Å². The van der Waals surface area contributed by atoms with Gasteiger partial charge in [0.1, 0.15) is 5.15 Å². The molecule has 3 nitrogen and oxygen atoms in total. The first-order chi connectivity index (χ1) is 8.25. The smallest absolute Gasteiger partial charge is 0.162 e. The fraction of sp³-hybridized carbons (Fsp3) is 0.333. The zero-order valence-corrected chi connectivity index (χ0v) is 10.9. The van der Waals surface area contributed by atoms with Crippen molar-refractivity contribution in [3.8, 4) is 11.4 Å². The molecule has 0 saturated heterocycles. The van der Waals surface area contributed by atoms with Crippen LogP contribution >= 0.6 is 22.9 Å². The summed E-state index contributed by atoms with van der Waals surface area (Å²) < 4.78 is 5.37. The van der Waals surface area contributed by atoms with Crippen LogP contribution in [0.15, 0.2) is 10.8 Å². The second kappa shape index (κ2) is 4.37. The summed E-state index contributed by atoms with van der Waals surface area (Å²) in [6.07, 6.45) is 0.813. The van der Waals surface area contributed by atoms with Gasteiger partial charge in [0.05, 0.1) is 18.9 Å². The summed E-state index contributed by atoms with van der Waals surface area (Å²) in [6.45, 7) is 3.30. The molecule has 17 heavy (non-hydrogen) atoms. The lowest BCUT2D eigenvalue weighted by Crippen LogP contribution is -2.14. The average molecular weight is 267 g/mol. The zero-order valence-electron chi connectivity index (χ0n) is 9.36. The Balaban J connectivity index is 2.14. The van der Waals surface area contributed by atoms with Crippen LogP contribution in [-0.4, -0.2) is 16.6 Å². The molecule has 1 aliphatic heterocycles. The number of aromatic nitrogens is 2. The highest BCUT2D eigenvalue weighted by Gasteiger charge is 2.18. The van der Waals surface area contributed by atoms with Crippen LogP contribution in [0.25, 0.3) is 11.4 Å². The molecule has 0 aromatic carbocycles. The van der Waals surface area contributed by atoms with Crippen molar-refractivity contribution in [2.24, 2.45) is 0 Å². The molecule has 0 atom stereocenters. The van der Waals surface area contributed by atoms with Gasteiger partial charge in [-0.15, -0.1) is 0 Å². The second-order valence-corrected chi connectivity index (χ2v) is 5.14. The number of rotatable bonds is 1. The lowest BCUT2D eigenvalue weighted by atomic mass is 10.1. The largest absolute Gasteiger partial charge is 0.376 e. The molecule has 0 fully saturated rings. The van der Waals surface area contributed by atoms with E-state index < -0.39 is 0 Å². The zero-order chi connectivity index (χ0) is 11.8. The van der Waals surface area contributed by atoms with Crippen LogP contribution in [-0.2, 0) is 17.8 Å². The molecule has 2 aromatic rings. The SMILES string of the molecule is Cc1cscc1-c1nc(Cl)c2c(n1)CCOC2. The summed E-state index contributed by atoms with van der Waals surface area (Å²) in [4.78, 5) is 8.98. The minimum absolute atomic E-state index is 0.523. The molecule has 1 aliphatic rings. The van der Waals surface area contributed by atoms with Crippen LogP contribution < -0.4 is 0 Å². The van der Waals surface area contributed by atoms with Crippen molar-refractivity contribution in [2.45, 2.75) is 20.0 Å². The van der Waals surface area contributed by atoms with E-state index in [4.69, 9.17) is 16.3 Å². The van der Waals surface area contributed by atoms with Gasteiger partial charge < -0.3 is 4.74 Å². The summed E-state index contributed by atoms with van der Waals surface area (Å²) in [5.41, 5.74) is 4.23. The van der Waals surface area contributed by atoms with E-state index in [1.54, 1.807) is 11.3 Å². The van der Waals surface area contributed by atoms with Crippen molar-refractivity contribution in [3.05, 3.63) is 32.7 Å². The lowest BCUT2D eigenvalue weighted by molar-refractivity contribution is 0.109. The van der Waals surface area contributed by atoms with E-state index in [0.29, 0.717) is 18.4 Å². The molecule has 0 aliphatic carbocycles. The number of thiophene rings is 1. The quantitative estimate of drug-likeness (QED) is 0.744. The Bertz CT molecular complexity index is 568. The third-order valence-electron chi connectivity index (χ3n) is 2.87. The van der Waals surface area contributed by atoms with Gasteiger partial charge in [0, 0.05) is 22.9 Å². The maximum Gasteiger partial charge on any atom is 0.162 e. The number of aryl methyl sites for hydroxylation is 1. The van der Waals surface area contributed by atoms with Crippen molar-refractivity contribution in [2.75, 3.05) is 6.61 Å². The van der Waals surface area contributed by atoms with E-state index in [9.17, 15) is 0 Å². The van der Waals surface area contributed by atoms with E-state index in [2.05, 4.69) is 27.7 Å². The molecule has 0 amide bonds.